The zero-order valence-corrected chi connectivity index (χ0v) is 15.3. The number of carbonyl (C=O) groups excluding carboxylic acids is 2. The van der Waals surface area contributed by atoms with Gasteiger partial charge in [0.15, 0.2) is 0 Å². The summed E-state index contributed by atoms with van der Waals surface area (Å²) in [5, 5.41) is 6.56. The second-order valence-corrected chi connectivity index (χ2v) is 7.56. The minimum absolute atomic E-state index is 0.0718. The predicted octanol–water partition coefficient (Wildman–Crippen LogP) is 2.91. The number of carbonyl (C=O) groups is 2. The number of nitrogens with zero attached hydrogens (tertiary/aromatic N) is 1. The van der Waals surface area contributed by atoms with Crippen LogP contribution in [0, 0.1) is 6.92 Å². The number of aryl methyl sites for hydroxylation is 1. The molecule has 0 aliphatic heterocycles. The monoisotopic (exact) mass is 345 g/mol. The lowest BCUT2D eigenvalue weighted by Crippen LogP contribution is -2.34. The summed E-state index contributed by atoms with van der Waals surface area (Å²) in [6, 6.07) is 9.00. The van der Waals surface area contributed by atoms with Crippen LogP contribution in [0.15, 0.2) is 30.3 Å². The highest BCUT2D eigenvalue weighted by molar-refractivity contribution is 7.14. The van der Waals surface area contributed by atoms with E-state index in [2.05, 4.69) is 36.4 Å². The second-order valence-electron chi connectivity index (χ2n) is 6.56. The number of thiazole rings is 1. The van der Waals surface area contributed by atoms with Gasteiger partial charge in [0, 0.05) is 24.1 Å². The molecule has 0 radical (unpaired) electrons. The van der Waals surface area contributed by atoms with E-state index in [1.54, 1.807) is 12.1 Å². The number of nitrogens with one attached hydrogen (secondary N) is 2. The first kappa shape index (κ1) is 18.1. The van der Waals surface area contributed by atoms with Crippen molar-refractivity contribution in [3.05, 3.63) is 51.5 Å². The summed E-state index contributed by atoms with van der Waals surface area (Å²) in [6.45, 7) is 8.82. The van der Waals surface area contributed by atoms with E-state index in [-0.39, 0.29) is 17.2 Å². The third-order valence-electron chi connectivity index (χ3n) is 3.38. The van der Waals surface area contributed by atoms with Crippen LogP contribution in [0.4, 0.5) is 0 Å². The largest absolute Gasteiger partial charge is 0.350 e. The smallest absolute Gasteiger partial charge is 0.263 e. The Labute approximate surface area is 146 Å². The van der Waals surface area contributed by atoms with Crippen molar-refractivity contribution in [2.45, 2.75) is 33.1 Å². The first-order valence-corrected chi connectivity index (χ1v) is 8.70. The summed E-state index contributed by atoms with van der Waals surface area (Å²) in [7, 11) is 0. The zero-order valence-electron chi connectivity index (χ0n) is 14.5. The molecule has 0 saturated heterocycles. The minimum Gasteiger partial charge on any atom is -0.350 e. The number of aromatic nitrogens is 1. The Morgan fingerprint density at radius 3 is 2.17 bits per heavy atom. The standard InChI is InChI=1S/C18H23N3O2S/c1-12-14(24-17(21-12)18(2,3)4)16(23)20-11-10-19-15(22)13-8-6-5-7-9-13/h5-9H,10-11H2,1-4H3,(H,19,22)(H,20,23). The lowest BCUT2D eigenvalue weighted by atomic mass is 9.98. The molecule has 2 aromatic rings. The third kappa shape index (κ3) is 4.64. The van der Waals surface area contributed by atoms with Crippen LogP contribution in [0.3, 0.4) is 0 Å². The van der Waals surface area contributed by atoms with Gasteiger partial charge in [-0.3, -0.25) is 9.59 Å². The van der Waals surface area contributed by atoms with Gasteiger partial charge in [-0.25, -0.2) is 4.98 Å². The normalized spacial score (nSPS) is 11.2. The fraction of sp³-hybridized carbons (Fsp3) is 0.389. The van der Waals surface area contributed by atoms with E-state index in [4.69, 9.17) is 0 Å². The molecule has 0 spiro atoms. The van der Waals surface area contributed by atoms with Crippen LogP contribution in [0.1, 0.15) is 51.5 Å². The van der Waals surface area contributed by atoms with E-state index in [1.165, 1.54) is 11.3 Å². The molecule has 1 aromatic carbocycles. The summed E-state index contributed by atoms with van der Waals surface area (Å²) in [5.74, 6) is -0.289. The van der Waals surface area contributed by atoms with Gasteiger partial charge in [-0.15, -0.1) is 11.3 Å². The molecular formula is C18H23N3O2S. The number of hydrogen-bond donors (Lipinski definition) is 2. The molecule has 0 unspecified atom stereocenters. The molecule has 6 heteroatoms. The van der Waals surface area contributed by atoms with E-state index in [0.29, 0.717) is 23.5 Å². The van der Waals surface area contributed by atoms with Crippen molar-refractivity contribution in [3.8, 4) is 0 Å². The van der Waals surface area contributed by atoms with Gasteiger partial charge in [0.2, 0.25) is 0 Å². The molecule has 0 aliphatic rings. The van der Waals surface area contributed by atoms with Gasteiger partial charge in [-0.1, -0.05) is 39.0 Å². The molecule has 2 rings (SSSR count). The van der Waals surface area contributed by atoms with Crippen LogP contribution in [0.2, 0.25) is 0 Å². The van der Waals surface area contributed by atoms with Crippen molar-refractivity contribution >= 4 is 23.2 Å². The molecule has 0 bridgehead atoms. The maximum atomic E-state index is 12.3. The SMILES string of the molecule is Cc1nc(C(C)(C)C)sc1C(=O)NCCNC(=O)c1ccccc1. The van der Waals surface area contributed by atoms with Crippen LogP contribution < -0.4 is 10.6 Å². The molecule has 0 atom stereocenters. The van der Waals surface area contributed by atoms with Crippen molar-refractivity contribution in [2.24, 2.45) is 0 Å². The summed E-state index contributed by atoms with van der Waals surface area (Å²) >= 11 is 1.43. The third-order valence-corrected chi connectivity index (χ3v) is 4.96. The average Bonchev–Trinajstić information content (AvgIpc) is 2.94. The second kappa shape index (κ2) is 7.57. The molecule has 128 valence electrons. The van der Waals surface area contributed by atoms with Crippen LogP contribution in [-0.4, -0.2) is 29.9 Å². The van der Waals surface area contributed by atoms with E-state index >= 15 is 0 Å². The van der Waals surface area contributed by atoms with E-state index in [9.17, 15) is 9.59 Å². The maximum Gasteiger partial charge on any atom is 0.263 e. The number of amides is 2. The van der Waals surface area contributed by atoms with Crippen molar-refractivity contribution < 1.29 is 9.59 Å². The van der Waals surface area contributed by atoms with Gasteiger partial charge < -0.3 is 10.6 Å². The first-order chi connectivity index (χ1) is 11.3. The van der Waals surface area contributed by atoms with Gasteiger partial charge >= 0.3 is 0 Å². The lowest BCUT2D eigenvalue weighted by molar-refractivity contribution is 0.0929. The molecule has 1 heterocycles. The van der Waals surface area contributed by atoms with Crippen molar-refractivity contribution in [1.82, 2.24) is 15.6 Å². The quantitative estimate of drug-likeness (QED) is 0.819. The van der Waals surface area contributed by atoms with Crippen molar-refractivity contribution in [3.63, 3.8) is 0 Å². The Balaban J connectivity index is 1.84. The summed E-state index contributed by atoms with van der Waals surface area (Å²) in [6.07, 6.45) is 0. The molecule has 5 nitrogen and oxygen atoms in total. The summed E-state index contributed by atoms with van der Waals surface area (Å²) in [4.78, 5) is 29.3. The Kier molecular flexibility index (Phi) is 5.72. The van der Waals surface area contributed by atoms with Crippen LogP contribution in [0.5, 0.6) is 0 Å². The van der Waals surface area contributed by atoms with E-state index in [1.807, 2.05) is 25.1 Å². The number of benzene rings is 1. The minimum atomic E-state index is -0.145. The lowest BCUT2D eigenvalue weighted by Gasteiger charge is -2.13. The average molecular weight is 345 g/mol. The fourth-order valence-electron chi connectivity index (χ4n) is 2.05. The molecule has 0 fully saturated rings. The molecule has 0 aliphatic carbocycles. The van der Waals surface area contributed by atoms with Gasteiger partial charge in [0.05, 0.1) is 10.7 Å². The Morgan fingerprint density at radius 2 is 1.62 bits per heavy atom. The Morgan fingerprint density at radius 1 is 1.04 bits per heavy atom. The van der Waals surface area contributed by atoms with E-state index in [0.717, 1.165) is 10.7 Å². The molecule has 24 heavy (non-hydrogen) atoms. The zero-order chi connectivity index (χ0) is 17.7. The van der Waals surface area contributed by atoms with Crippen LogP contribution >= 0.6 is 11.3 Å². The number of rotatable bonds is 5. The Hall–Kier alpha value is -2.21. The molecule has 1 aromatic heterocycles. The van der Waals surface area contributed by atoms with Gasteiger partial charge in [0.25, 0.3) is 11.8 Å². The first-order valence-electron chi connectivity index (χ1n) is 7.88. The predicted molar refractivity (Wildman–Crippen MR) is 96.7 cm³/mol. The molecule has 2 amide bonds. The molecule has 2 N–H and O–H groups in total. The topological polar surface area (TPSA) is 71.1 Å². The number of hydrogen-bond acceptors (Lipinski definition) is 4. The highest BCUT2D eigenvalue weighted by atomic mass is 32.1. The maximum absolute atomic E-state index is 12.3. The van der Waals surface area contributed by atoms with Crippen molar-refractivity contribution in [2.75, 3.05) is 13.1 Å². The van der Waals surface area contributed by atoms with E-state index < -0.39 is 0 Å². The van der Waals surface area contributed by atoms with Crippen molar-refractivity contribution in [1.29, 1.82) is 0 Å². The van der Waals surface area contributed by atoms with Gasteiger partial charge in [0.1, 0.15) is 4.88 Å². The van der Waals surface area contributed by atoms with Crippen LogP contribution in [-0.2, 0) is 5.41 Å². The van der Waals surface area contributed by atoms with Crippen LogP contribution in [0.25, 0.3) is 0 Å². The highest BCUT2D eigenvalue weighted by Gasteiger charge is 2.22. The van der Waals surface area contributed by atoms with Gasteiger partial charge in [-0.05, 0) is 19.1 Å². The molecular weight excluding hydrogens is 322 g/mol. The summed E-state index contributed by atoms with van der Waals surface area (Å²) < 4.78 is 0. The molecule has 0 saturated carbocycles. The van der Waals surface area contributed by atoms with Gasteiger partial charge in [-0.2, -0.15) is 0 Å². The Bertz CT molecular complexity index is 718. The highest BCUT2D eigenvalue weighted by Crippen LogP contribution is 2.28. The fourth-order valence-corrected chi connectivity index (χ4v) is 3.09. The summed E-state index contributed by atoms with van der Waals surface area (Å²) in [5.41, 5.74) is 1.28.